The monoisotopic (exact) mass is 418 g/mol. The van der Waals surface area contributed by atoms with Gasteiger partial charge in [0, 0.05) is 44.8 Å². The first kappa shape index (κ1) is 23.5. The van der Waals surface area contributed by atoms with Gasteiger partial charge in [-0.05, 0) is 37.1 Å². The first-order valence-electron chi connectivity index (χ1n) is 8.75. The van der Waals surface area contributed by atoms with Gasteiger partial charge in [0.05, 0.1) is 12.6 Å². The number of carbonyl (C=O) groups excluding carboxylic acids is 2. The van der Waals surface area contributed by atoms with Crippen LogP contribution in [0, 0.1) is 0 Å². The number of hydrogen-bond donors (Lipinski definition) is 2. The highest BCUT2D eigenvalue weighted by Crippen LogP contribution is 2.34. The SMILES string of the molecule is COc1ccc(C(=O)NCCN2CCN(C(=O)C3(N)CC3)CC2)cc1.Cl.Cl. The van der Waals surface area contributed by atoms with Crippen LogP contribution >= 0.6 is 24.8 Å². The lowest BCUT2D eigenvalue weighted by atomic mass is 10.2. The number of ether oxygens (including phenoxy) is 1. The third-order valence-electron chi connectivity index (χ3n) is 4.94. The number of methoxy groups -OCH3 is 1. The van der Waals surface area contributed by atoms with Gasteiger partial charge in [-0.3, -0.25) is 14.5 Å². The number of rotatable bonds is 6. The maximum Gasteiger partial charge on any atom is 0.251 e. The second-order valence-electron chi connectivity index (χ2n) is 6.77. The molecule has 9 heteroatoms. The maximum atomic E-state index is 12.2. The molecule has 1 aromatic carbocycles. The molecule has 1 aliphatic heterocycles. The lowest BCUT2D eigenvalue weighted by Crippen LogP contribution is -2.54. The smallest absolute Gasteiger partial charge is 0.251 e. The molecule has 0 bridgehead atoms. The average Bonchev–Trinajstić information content (AvgIpc) is 3.40. The Balaban J connectivity index is 0.00000182. The van der Waals surface area contributed by atoms with E-state index in [4.69, 9.17) is 10.5 Å². The van der Waals surface area contributed by atoms with E-state index in [0.29, 0.717) is 25.2 Å². The van der Waals surface area contributed by atoms with Crippen molar-refractivity contribution in [3.63, 3.8) is 0 Å². The third kappa shape index (κ3) is 5.97. The number of benzene rings is 1. The minimum absolute atomic E-state index is 0. The van der Waals surface area contributed by atoms with Gasteiger partial charge in [0.1, 0.15) is 5.75 Å². The number of nitrogens with one attached hydrogen (secondary N) is 1. The molecule has 0 radical (unpaired) electrons. The van der Waals surface area contributed by atoms with Crippen molar-refractivity contribution in [3.8, 4) is 5.75 Å². The van der Waals surface area contributed by atoms with Crippen molar-refractivity contribution in [1.29, 1.82) is 0 Å². The molecule has 1 heterocycles. The average molecular weight is 419 g/mol. The molecule has 7 nitrogen and oxygen atoms in total. The highest BCUT2D eigenvalue weighted by molar-refractivity contribution is 5.94. The quantitative estimate of drug-likeness (QED) is 0.716. The Morgan fingerprint density at radius 3 is 2.22 bits per heavy atom. The van der Waals surface area contributed by atoms with Crippen LogP contribution in [0.25, 0.3) is 0 Å². The Kier molecular flexibility index (Phi) is 8.81. The molecule has 3 N–H and O–H groups in total. The molecule has 2 amide bonds. The Morgan fingerprint density at radius 2 is 1.70 bits per heavy atom. The summed E-state index contributed by atoms with van der Waals surface area (Å²) >= 11 is 0. The highest BCUT2D eigenvalue weighted by atomic mass is 35.5. The second kappa shape index (κ2) is 10.1. The number of halogens is 2. The largest absolute Gasteiger partial charge is 0.497 e. The van der Waals surface area contributed by atoms with Crippen molar-refractivity contribution < 1.29 is 14.3 Å². The zero-order valence-electron chi connectivity index (χ0n) is 15.5. The summed E-state index contributed by atoms with van der Waals surface area (Å²) in [6, 6.07) is 7.04. The molecule has 0 unspecified atom stereocenters. The van der Waals surface area contributed by atoms with Crippen LogP contribution in [0.4, 0.5) is 0 Å². The summed E-state index contributed by atoms with van der Waals surface area (Å²) in [6.45, 7) is 4.42. The number of nitrogens with zero attached hydrogens (tertiary/aromatic N) is 2. The molecule has 0 atom stereocenters. The number of hydrogen-bond acceptors (Lipinski definition) is 5. The summed E-state index contributed by atoms with van der Waals surface area (Å²) in [4.78, 5) is 28.5. The molecular weight excluding hydrogens is 391 g/mol. The summed E-state index contributed by atoms with van der Waals surface area (Å²) < 4.78 is 5.09. The summed E-state index contributed by atoms with van der Waals surface area (Å²) in [7, 11) is 1.60. The van der Waals surface area contributed by atoms with E-state index in [0.717, 1.165) is 38.2 Å². The molecule has 1 saturated heterocycles. The van der Waals surface area contributed by atoms with Gasteiger partial charge in [-0.25, -0.2) is 0 Å². The van der Waals surface area contributed by atoms with Crippen LogP contribution in [-0.2, 0) is 4.79 Å². The number of carbonyl (C=O) groups is 2. The van der Waals surface area contributed by atoms with E-state index in [-0.39, 0.29) is 36.6 Å². The van der Waals surface area contributed by atoms with Crippen molar-refractivity contribution in [2.75, 3.05) is 46.4 Å². The van der Waals surface area contributed by atoms with Gasteiger partial charge in [0.15, 0.2) is 0 Å². The van der Waals surface area contributed by atoms with Crippen LogP contribution in [0.5, 0.6) is 5.75 Å². The van der Waals surface area contributed by atoms with Gasteiger partial charge in [-0.15, -0.1) is 24.8 Å². The summed E-state index contributed by atoms with van der Waals surface area (Å²) in [5, 5.41) is 2.93. The molecule has 1 aliphatic carbocycles. The Morgan fingerprint density at radius 1 is 1.11 bits per heavy atom. The summed E-state index contributed by atoms with van der Waals surface area (Å²) in [5.74, 6) is 0.740. The first-order valence-corrected chi connectivity index (χ1v) is 8.75. The van der Waals surface area contributed by atoms with Gasteiger partial charge in [-0.1, -0.05) is 0 Å². The Hall–Kier alpha value is -1.54. The van der Waals surface area contributed by atoms with Crippen molar-refractivity contribution in [3.05, 3.63) is 29.8 Å². The van der Waals surface area contributed by atoms with Crippen LogP contribution in [0.1, 0.15) is 23.2 Å². The van der Waals surface area contributed by atoms with Crippen LogP contribution in [0.3, 0.4) is 0 Å². The van der Waals surface area contributed by atoms with Crippen LogP contribution in [0.2, 0.25) is 0 Å². The molecule has 0 spiro atoms. The second-order valence-corrected chi connectivity index (χ2v) is 6.77. The zero-order chi connectivity index (χ0) is 17.9. The molecule has 27 heavy (non-hydrogen) atoms. The standard InChI is InChI=1S/C18H26N4O3.2ClH/c1-25-15-4-2-14(3-5-15)16(23)20-8-9-21-10-12-22(13-11-21)17(24)18(19)6-7-18;;/h2-5H,6-13,19H2,1H3,(H,20,23);2*1H. The number of amides is 2. The molecule has 1 aromatic rings. The van der Waals surface area contributed by atoms with Gasteiger partial charge in [0.2, 0.25) is 5.91 Å². The summed E-state index contributed by atoms with van der Waals surface area (Å²) in [5.41, 5.74) is 6.03. The minimum atomic E-state index is -0.575. The van der Waals surface area contributed by atoms with Crippen LogP contribution in [0.15, 0.2) is 24.3 Å². The van der Waals surface area contributed by atoms with Gasteiger partial charge >= 0.3 is 0 Å². The van der Waals surface area contributed by atoms with Crippen molar-refractivity contribution in [2.45, 2.75) is 18.4 Å². The van der Waals surface area contributed by atoms with E-state index in [9.17, 15) is 9.59 Å². The molecule has 1 saturated carbocycles. The topological polar surface area (TPSA) is 87.9 Å². The molecule has 152 valence electrons. The van der Waals surface area contributed by atoms with Gasteiger partial charge in [0.25, 0.3) is 5.91 Å². The maximum absolute atomic E-state index is 12.2. The first-order chi connectivity index (χ1) is 12.0. The van der Waals surface area contributed by atoms with E-state index in [1.54, 1.807) is 31.4 Å². The third-order valence-corrected chi connectivity index (χ3v) is 4.94. The summed E-state index contributed by atoms with van der Waals surface area (Å²) in [6.07, 6.45) is 1.62. The number of nitrogens with two attached hydrogens (primary N) is 1. The minimum Gasteiger partial charge on any atom is -0.497 e. The lowest BCUT2D eigenvalue weighted by Gasteiger charge is -2.36. The fourth-order valence-electron chi connectivity index (χ4n) is 3.01. The molecule has 0 aromatic heterocycles. The Bertz CT molecular complexity index is 630. The lowest BCUT2D eigenvalue weighted by molar-refractivity contribution is -0.135. The van der Waals surface area contributed by atoms with Crippen molar-refractivity contribution in [1.82, 2.24) is 15.1 Å². The molecule has 3 rings (SSSR count). The van der Waals surface area contributed by atoms with Crippen molar-refractivity contribution >= 4 is 36.6 Å². The molecular formula is C18H28Cl2N4O3. The number of piperazine rings is 1. The van der Waals surface area contributed by atoms with Crippen molar-refractivity contribution in [2.24, 2.45) is 5.73 Å². The fraction of sp³-hybridized carbons (Fsp3) is 0.556. The van der Waals surface area contributed by atoms with Crippen LogP contribution < -0.4 is 15.8 Å². The predicted octanol–water partition coefficient (Wildman–Crippen LogP) is 0.904. The van der Waals surface area contributed by atoms with E-state index < -0.39 is 5.54 Å². The zero-order valence-corrected chi connectivity index (χ0v) is 17.1. The fourth-order valence-corrected chi connectivity index (χ4v) is 3.01. The normalized spacial score (nSPS) is 17.9. The highest BCUT2D eigenvalue weighted by Gasteiger charge is 2.48. The Labute approximate surface area is 172 Å². The van der Waals surface area contributed by atoms with Crippen LogP contribution in [-0.4, -0.2) is 73.5 Å². The van der Waals surface area contributed by atoms with E-state index in [2.05, 4.69) is 10.2 Å². The van der Waals surface area contributed by atoms with Gasteiger partial charge < -0.3 is 20.7 Å². The van der Waals surface area contributed by atoms with E-state index in [1.807, 2.05) is 4.90 Å². The van der Waals surface area contributed by atoms with E-state index in [1.165, 1.54) is 0 Å². The molecule has 2 fully saturated rings. The van der Waals surface area contributed by atoms with Gasteiger partial charge in [-0.2, -0.15) is 0 Å². The van der Waals surface area contributed by atoms with E-state index >= 15 is 0 Å². The predicted molar refractivity (Wildman–Crippen MR) is 109 cm³/mol. The molecule has 2 aliphatic rings.